The first-order chi connectivity index (χ1) is 11.2. The van der Waals surface area contributed by atoms with Crippen molar-refractivity contribution in [1.29, 1.82) is 0 Å². The number of ether oxygens (including phenoxy) is 1. The van der Waals surface area contributed by atoms with Crippen LogP contribution in [0.3, 0.4) is 0 Å². The number of nitrogens with zero attached hydrogens (tertiary/aromatic N) is 2. The molecule has 1 aromatic heterocycles. The van der Waals surface area contributed by atoms with Crippen LogP contribution in [0.4, 0.5) is 13.2 Å². The Balaban J connectivity index is 2.25. The largest absolute Gasteiger partial charge is 0.495 e. The predicted molar refractivity (Wildman–Crippen MR) is 90.3 cm³/mol. The van der Waals surface area contributed by atoms with E-state index < -0.39 is 11.7 Å². The molecule has 3 nitrogen and oxygen atoms in total. The number of alkyl halides is 3. The lowest BCUT2D eigenvalue weighted by Gasteiger charge is -2.13. The highest BCUT2D eigenvalue weighted by molar-refractivity contribution is 9.10. The summed E-state index contributed by atoms with van der Waals surface area (Å²) in [6.07, 6.45) is -2.98. The molecule has 0 bridgehead atoms. The van der Waals surface area contributed by atoms with Crippen molar-refractivity contribution in [2.75, 3.05) is 7.11 Å². The quantitative estimate of drug-likeness (QED) is 0.480. The van der Waals surface area contributed by atoms with Crippen LogP contribution in [0.15, 0.2) is 34.9 Å². The van der Waals surface area contributed by atoms with Crippen LogP contribution in [0.1, 0.15) is 5.56 Å². The van der Waals surface area contributed by atoms with E-state index >= 15 is 0 Å². The van der Waals surface area contributed by atoms with Gasteiger partial charge in [-0.05, 0) is 34.1 Å². The van der Waals surface area contributed by atoms with E-state index in [-0.39, 0.29) is 15.7 Å². The first kappa shape index (κ1) is 17.4. The number of hydrogen-bond acceptors (Lipinski definition) is 2. The Morgan fingerprint density at radius 3 is 2.29 bits per heavy atom. The van der Waals surface area contributed by atoms with Crippen LogP contribution in [0.25, 0.3) is 16.6 Å². The summed E-state index contributed by atoms with van der Waals surface area (Å²) in [6, 6.07) is 5.12. The number of hydrogen-bond donors (Lipinski definition) is 0. The molecule has 0 saturated heterocycles. The Labute approximate surface area is 153 Å². The molecule has 0 saturated carbocycles. The zero-order chi connectivity index (χ0) is 17.6. The van der Waals surface area contributed by atoms with Gasteiger partial charge in [0, 0.05) is 11.5 Å². The number of fused-ring (bicyclic) bond motifs is 1. The Bertz CT molecular complexity index is 917. The summed E-state index contributed by atoms with van der Waals surface area (Å²) in [4.78, 5) is 0. The van der Waals surface area contributed by atoms with Gasteiger partial charge in [-0.15, -0.1) is 0 Å². The fraction of sp³-hybridized carbons (Fsp3) is 0.133. The molecule has 0 aliphatic heterocycles. The molecule has 9 heteroatoms. The van der Waals surface area contributed by atoms with Crippen molar-refractivity contribution in [2.45, 2.75) is 6.18 Å². The molecule has 2 aromatic carbocycles. The predicted octanol–water partition coefficient (Wildman–Crippen LogP) is 6.12. The fourth-order valence-electron chi connectivity index (χ4n) is 2.29. The minimum atomic E-state index is -4.54. The molecule has 3 rings (SSSR count). The lowest BCUT2D eigenvalue weighted by Crippen LogP contribution is -2.07. The fourth-order valence-corrected chi connectivity index (χ4v) is 3.46. The Morgan fingerprint density at radius 2 is 1.75 bits per heavy atom. The van der Waals surface area contributed by atoms with Crippen molar-refractivity contribution >= 4 is 50.0 Å². The second-order valence-electron chi connectivity index (χ2n) is 4.89. The van der Waals surface area contributed by atoms with Gasteiger partial charge in [0.25, 0.3) is 0 Å². The van der Waals surface area contributed by atoms with Crippen LogP contribution >= 0.6 is 39.1 Å². The molecule has 0 atom stereocenters. The molecule has 0 N–H and O–H groups in total. The van der Waals surface area contributed by atoms with Crippen LogP contribution in [0, 0.1) is 0 Å². The molecule has 0 spiro atoms. The van der Waals surface area contributed by atoms with Crippen LogP contribution in [-0.4, -0.2) is 16.9 Å². The van der Waals surface area contributed by atoms with Crippen LogP contribution in [-0.2, 0) is 6.18 Å². The summed E-state index contributed by atoms with van der Waals surface area (Å²) < 4.78 is 45.9. The molecule has 126 valence electrons. The molecule has 1 heterocycles. The number of benzene rings is 2. The number of methoxy groups -OCH3 is 1. The van der Waals surface area contributed by atoms with E-state index in [4.69, 9.17) is 27.9 Å². The van der Waals surface area contributed by atoms with Gasteiger partial charge < -0.3 is 4.74 Å². The summed E-state index contributed by atoms with van der Waals surface area (Å²) in [5, 5.41) is 4.63. The smallest absolute Gasteiger partial charge is 0.416 e. The van der Waals surface area contributed by atoms with Gasteiger partial charge in [0.05, 0.1) is 38.9 Å². The maximum absolute atomic E-state index is 12.9. The molecule has 0 unspecified atom stereocenters. The molecule has 3 aromatic rings. The van der Waals surface area contributed by atoms with Crippen molar-refractivity contribution in [3.8, 4) is 11.4 Å². The van der Waals surface area contributed by atoms with Crippen molar-refractivity contribution in [3.05, 3.63) is 50.5 Å². The Morgan fingerprint density at radius 1 is 1.12 bits per heavy atom. The van der Waals surface area contributed by atoms with Crippen LogP contribution < -0.4 is 4.74 Å². The van der Waals surface area contributed by atoms with E-state index in [1.165, 1.54) is 11.8 Å². The molecule has 0 aliphatic carbocycles. The third kappa shape index (κ3) is 2.96. The van der Waals surface area contributed by atoms with Crippen molar-refractivity contribution in [1.82, 2.24) is 9.78 Å². The average molecular weight is 440 g/mol. The van der Waals surface area contributed by atoms with E-state index in [0.29, 0.717) is 11.3 Å². The van der Waals surface area contributed by atoms with E-state index in [1.807, 2.05) is 0 Å². The van der Waals surface area contributed by atoms with E-state index in [9.17, 15) is 13.2 Å². The topological polar surface area (TPSA) is 27.1 Å². The first-order valence-corrected chi connectivity index (χ1v) is 8.05. The van der Waals surface area contributed by atoms with Gasteiger partial charge in [-0.2, -0.15) is 18.3 Å². The average Bonchev–Trinajstić information content (AvgIpc) is 2.87. The number of aromatic nitrogens is 2. The highest BCUT2D eigenvalue weighted by Gasteiger charge is 2.32. The summed E-state index contributed by atoms with van der Waals surface area (Å²) in [5.74, 6) is 0.545. The second-order valence-corrected chi connectivity index (χ2v) is 6.56. The normalized spacial score (nSPS) is 12.0. The highest BCUT2D eigenvalue weighted by atomic mass is 79.9. The summed E-state index contributed by atoms with van der Waals surface area (Å²) >= 11 is 15.5. The lowest BCUT2D eigenvalue weighted by molar-refractivity contribution is -0.137. The van der Waals surface area contributed by atoms with E-state index in [0.717, 1.165) is 22.0 Å². The zero-order valence-electron chi connectivity index (χ0n) is 12.0. The first-order valence-electron chi connectivity index (χ1n) is 6.50. The molecule has 0 fully saturated rings. The monoisotopic (exact) mass is 438 g/mol. The third-order valence-corrected chi connectivity index (χ3v) is 4.59. The lowest BCUT2D eigenvalue weighted by atomic mass is 10.2. The van der Waals surface area contributed by atoms with E-state index in [2.05, 4.69) is 21.0 Å². The number of halogens is 6. The van der Waals surface area contributed by atoms with Gasteiger partial charge in [0.2, 0.25) is 0 Å². The molecule has 0 amide bonds. The van der Waals surface area contributed by atoms with Gasteiger partial charge in [0.15, 0.2) is 0 Å². The van der Waals surface area contributed by atoms with Crippen molar-refractivity contribution in [3.63, 3.8) is 0 Å². The third-order valence-electron chi connectivity index (χ3n) is 3.40. The zero-order valence-corrected chi connectivity index (χ0v) is 15.1. The highest BCUT2D eigenvalue weighted by Crippen LogP contribution is 2.39. The minimum Gasteiger partial charge on any atom is -0.495 e. The van der Waals surface area contributed by atoms with Crippen LogP contribution in [0.2, 0.25) is 10.0 Å². The molecular weight excluding hydrogens is 432 g/mol. The minimum absolute atomic E-state index is 0.151. The molecule has 0 radical (unpaired) electrons. The van der Waals surface area contributed by atoms with Gasteiger partial charge in [-0.25, -0.2) is 4.68 Å². The van der Waals surface area contributed by atoms with Crippen LogP contribution in [0.5, 0.6) is 5.75 Å². The SMILES string of the molecule is COc1cc2c(cnn2-c2c(Cl)cc(C(F)(F)F)cc2Cl)cc1Br. The second kappa shape index (κ2) is 6.13. The number of rotatable bonds is 2. The summed E-state index contributed by atoms with van der Waals surface area (Å²) in [5.41, 5.74) is -0.151. The van der Waals surface area contributed by atoms with Gasteiger partial charge in [-0.1, -0.05) is 23.2 Å². The molecule has 24 heavy (non-hydrogen) atoms. The molecule has 0 aliphatic rings. The van der Waals surface area contributed by atoms with Gasteiger partial charge >= 0.3 is 6.18 Å². The van der Waals surface area contributed by atoms with Gasteiger partial charge in [-0.3, -0.25) is 0 Å². The molecular formula is C15H8BrCl2F3N2O. The Kier molecular flexibility index (Phi) is 4.44. The maximum atomic E-state index is 12.9. The maximum Gasteiger partial charge on any atom is 0.416 e. The Hall–Kier alpha value is -1.44. The summed E-state index contributed by atoms with van der Waals surface area (Å²) in [7, 11) is 1.50. The standard InChI is InChI=1S/C15H8BrCl2F3N2O/c1-24-13-5-12-7(2-9(13)16)6-22-23(12)14-10(17)3-8(4-11(14)18)15(19,20)21/h2-6H,1H3. The summed E-state index contributed by atoms with van der Waals surface area (Å²) in [6.45, 7) is 0. The van der Waals surface area contributed by atoms with E-state index in [1.54, 1.807) is 18.3 Å². The van der Waals surface area contributed by atoms with Gasteiger partial charge in [0.1, 0.15) is 11.4 Å². The van der Waals surface area contributed by atoms with Crippen molar-refractivity contribution < 1.29 is 17.9 Å². The van der Waals surface area contributed by atoms with Crippen molar-refractivity contribution in [2.24, 2.45) is 0 Å².